The summed E-state index contributed by atoms with van der Waals surface area (Å²) in [4.78, 5) is 24.7. The smallest absolute Gasteiger partial charge is 0.329 e. The molecule has 0 saturated carbocycles. The molecule has 1 N–H and O–H groups in total. The number of carboxylic acids is 1. The third-order valence-corrected chi connectivity index (χ3v) is 4.44. The quantitative estimate of drug-likeness (QED) is 0.885. The highest BCUT2D eigenvalue weighted by Crippen LogP contribution is 2.32. The van der Waals surface area contributed by atoms with Crippen LogP contribution in [0.1, 0.15) is 26.7 Å². The van der Waals surface area contributed by atoms with Crippen LogP contribution in [0.4, 0.5) is 0 Å². The number of ether oxygens (including phenoxy) is 2. The fraction of sp³-hybridized carbons (Fsp3) is 0.412. The summed E-state index contributed by atoms with van der Waals surface area (Å²) in [7, 11) is 3.01. The molecule has 0 aliphatic carbocycles. The van der Waals surface area contributed by atoms with E-state index in [1.165, 1.54) is 25.0 Å². The van der Waals surface area contributed by atoms with Crippen molar-refractivity contribution in [1.82, 2.24) is 4.57 Å². The van der Waals surface area contributed by atoms with Crippen molar-refractivity contribution in [1.29, 1.82) is 0 Å². The van der Waals surface area contributed by atoms with Gasteiger partial charge in [-0.15, -0.1) is 0 Å². The lowest BCUT2D eigenvalue weighted by atomic mass is 9.92. The lowest BCUT2D eigenvalue weighted by molar-refractivity contribution is -0.148. The van der Waals surface area contributed by atoms with Crippen molar-refractivity contribution in [3.05, 3.63) is 34.7 Å². The Hall–Kier alpha value is -2.50. The van der Waals surface area contributed by atoms with Crippen LogP contribution in [0, 0.1) is 0 Å². The Morgan fingerprint density at radius 2 is 1.74 bits per heavy atom. The number of hydrogen-bond acceptors (Lipinski definition) is 4. The highest BCUT2D eigenvalue weighted by atomic mass is 16.5. The summed E-state index contributed by atoms with van der Waals surface area (Å²) in [5, 5.41) is 10.7. The minimum atomic E-state index is -1.25. The number of fused-ring (bicyclic) bond motifs is 1. The van der Waals surface area contributed by atoms with Crippen LogP contribution in [0.5, 0.6) is 11.5 Å². The minimum Gasteiger partial charge on any atom is -0.493 e. The van der Waals surface area contributed by atoms with E-state index >= 15 is 0 Å². The number of nitrogens with zero attached hydrogens (tertiary/aromatic N) is 1. The topological polar surface area (TPSA) is 77.8 Å². The van der Waals surface area contributed by atoms with Crippen LogP contribution in [-0.4, -0.2) is 29.9 Å². The summed E-state index contributed by atoms with van der Waals surface area (Å²) in [6, 6.07) is 5.02. The summed E-state index contributed by atoms with van der Waals surface area (Å²) in [6.07, 6.45) is 2.17. The molecular weight excluding hydrogens is 298 g/mol. The van der Waals surface area contributed by atoms with Gasteiger partial charge in [-0.3, -0.25) is 9.36 Å². The van der Waals surface area contributed by atoms with E-state index in [1.807, 2.05) is 0 Å². The number of hydrogen-bond donors (Lipinski definition) is 1. The van der Waals surface area contributed by atoms with E-state index in [2.05, 4.69) is 0 Å². The Bertz CT molecular complexity index is 789. The van der Waals surface area contributed by atoms with Crippen LogP contribution in [0.3, 0.4) is 0 Å². The van der Waals surface area contributed by atoms with Gasteiger partial charge >= 0.3 is 5.97 Å². The zero-order valence-corrected chi connectivity index (χ0v) is 13.8. The van der Waals surface area contributed by atoms with E-state index in [9.17, 15) is 14.7 Å². The van der Waals surface area contributed by atoms with E-state index in [0.717, 1.165) is 0 Å². The molecule has 0 spiro atoms. The molecule has 0 fully saturated rings. The lowest BCUT2D eigenvalue weighted by Crippen LogP contribution is -2.46. The minimum absolute atomic E-state index is 0.317. The third kappa shape index (κ3) is 2.54. The number of carbonyl (C=O) groups is 1. The van der Waals surface area contributed by atoms with Gasteiger partial charge in [-0.05, 0) is 36.4 Å². The fourth-order valence-corrected chi connectivity index (χ4v) is 2.90. The van der Waals surface area contributed by atoms with Gasteiger partial charge in [-0.25, -0.2) is 4.79 Å². The molecule has 124 valence electrons. The first-order valence-corrected chi connectivity index (χ1v) is 7.46. The second-order valence-corrected chi connectivity index (χ2v) is 5.33. The Kier molecular flexibility index (Phi) is 4.63. The SMILES string of the molecule is CCC(CC)(C(=O)O)n1ccc2cc(OC)c(OC)cc2c1=O. The zero-order chi connectivity index (χ0) is 17.2. The normalized spacial score (nSPS) is 11.5. The molecule has 0 bridgehead atoms. The van der Waals surface area contributed by atoms with E-state index < -0.39 is 11.5 Å². The monoisotopic (exact) mass is 319 g/mol. The van der Waals surface area contributed by atoms with Crippen molar-refractivity contribution < 1.29 is 19.4 Å². The van der Waals surface area contributed by atoms with E-state index in [1.54, 1.807) is 32.0 Å². The molecule has 0 amide bonds. The Labute approximate surface area is 134 Å². The average Bonchev–Trinajstić information content (AvgIpc) is 2.56. The first kappa shape index (κ1) is 16.9. The first-order chi connectivity index (χ1) is 10.9. The predicted octanol–water partition coefficient (Wildman–Crippen LogP) is 2.62. The number of methoxy groups -OCH3 is 2. The third-order valence-electron chi connectivity index (χ3n) is 4.44. The zero-order valence-electron chi connectivity index (χ0n) is 13.8. The molecule has 0 saturated heterocycles. The predicted molar refractivity (Wildman–Crippen MR) is 87.5 cm³/mol. The van der Waals surface area contributed by atoms with Crippen LogP contribution in [-0.2, 0) is 10.3 Å². The number of carboxylic acid groups (broad SMARTS) is 1. The van der Waals surface area contributed by atoms with Crippen LogP contribution in [0.15, 0.2) is 29.2 Å². The molecule has 0 aliphatic rings. The molecule has 1 aromatic carbocycles. The molecule has 0 radical (unpaired) electrons. The Morgan fingerprint density at radius 3 is 2.22 bits per heavy atom. The number of aromatic nitrogens is 1. The van der Waals surface area contributed by atoms with Gasteiger partial charge < -0.3 is 14.6 Å². The Balaban J connectivity index is 2.81. The van der Waals surface area contributed by atoms with Crippen molar-refractivity contribution in [2.24, 2.45) is 0 Å². The average molecular weight is 319 g/mol. The van der Waals surface area contributed by atoms with Gasteiger partial charge in [0.25, 0.3) is 5.56 Å². The van der Waals surface area contributed by atoms with E-state index in [-0.39, 0.29) is 5.56 Å². The van der Waals surface area contributed by atoms with Gasteiger partial charge in [-0.2, -0.15) is 0 Å². The number of aliphatic carboxylic acids is 1. The second kappa shape index (κ2) is 6.32. The van der Waals surface area contributed by atoms with Gasteiger partial charge in [-0.1, -0.05) is 13.8 Å². The van der Waals surface area contributed by atoms with Gasteiger partial charge in [0.05, 0.1) is 19.6 Å². The fourth-order valence-electron chi connectivity index (χ4n) is 2.90. The molecule has 1 heterocycles. The van der Waals surface area contributed by atoms with Crippen LogP contribution in [0.25, 0.3) is 10.8 Å². The molecule has 0 atom stereocenters. The molecule has 0 unspecified atom stereocenters. The van der Waals surface area contributed by atoms with Crippen molar-refractivity contribution >= 4 is 16.7 Å². The van der Waals surface area contributed by atoms with Crippen LogP contribution < -0.4 is 15.0 Å². The van der Waals surface area contributed by atoms with Gasteiger partial charge in [0, 0.05) is 6.20 Å². The van der Waals surface area contributed by atoms with Crippen LogP contribution >= 0.6 is 0 Å². The van der Waals surface area contributed by atoms with E-state index in [4.69, 9.17) is 9.47 Å². The highest BCUT2D eigenvalue weighted by molar-refractivity contribution is 5.86. The summed E-state index contributed by atoms with van der Waals surface area (Å²) in [5.74, 6) is -0.0548. The molecule has 2 aromatic rings. The molecule has 23 heavy (non-hydrogen) atoms. The molecule has 1 aromatic heterocycles. The maximum Gasteiger partial charge on any atom is 0.329 e. The second-order valence-electron chi connectivity index (χ2n) is 5.33. The van der Waals surface area contributed by atoms with Gasteiger partial charge in [0.15, 0.2) is 11.5 Å². The maximum atomic E-state index is 12.9. The maximum absolute atomic E-state index is 12.9. The standard InChI is InChI=1S/C17H21NO5/c1-5-17(6-2,16(20)21)18-8-7-11-9-13(22-3)14(23-4)10-12(11)15(18)19/h7-10H,5-6H2,1-4H3,(H,20,21). The molecular formula is C17H21NO5. The van der Waals surface area contributed by atoms with Crippen molar-refractivity contribution in [3.8, 4) is 11.5 Å². The summed E-state index contributed by atoms with van der Waals surface area (Å²) >= 11 is 0. The number of benzene rings is 1. The molecule has 6 nitrogen and oxygen atoms in total. The highest BCUT2D eigenvalue weighted by Gasteiger charge is 2.37. The van der Waals surface area contributed by atoms with Gasteiger partial charge in [0.2, 0.25) is 0 Å². The first-order valence-electron chi connectivity index (χ1n) is 7.46. The summed E-state index contributed by atoms with van der Waals surface area (Å²) in [6.45, 7) is 3.53. The van der Waals surface area contributed by atoms with Crippen molar-refractivity contribution in [2.45, 2.75) is 32.2 Å². The van der Waals surface area contributed by atoms with E-state index in [0.29, 0.717) is 35.1 Å². The molecule has 0 aliphatic heterocycles. The Morgan fingerprint density at radius 1 is 1.17 bits per heavy atom. The summed E-state index contributed by atoms with van der Waals surface area (Å²) < 4.78 is 11.8. The molecule has 2 rings (SSSR count). The van der Waals surface area contributed by atoms with Crippen molar-refractivity contribution in [2.75, 3.05) is 14.2 Å². The number of pyridine rings is 1. The lowest BCUT2D eigenvalue weighted by Gasteiger charge is -2.29. The number of rotatable bonds is 6. The van der Waals surface area contributed by atoms with Crippen molar-refractivity contribution in [3.63, 3.8) is 0 Å². The molecule has 6 heteroatoms. The van der Waals surface area contributed by atoms with Gasteiger partial charge in [0.1, 0.15) is 5.54 Å². The summed E-state index contributed by atoms with van der Waals surface area (Å²) in [5.41, 5.74) is -1.60. The van der Waals surface area contributed by atoms with Crippen LogP contribution in [0.2, 0.25) is 0 Å². The largest absolute Gasteiger partial charge is 0.493 e.